The molecule has 1 aliphatic rings. The van der Waals surface area contributed by atoms with Crippen LogP contribution in [0.4, 0.5) is 14.4 Å². The van der Waals surface area contributed by atoms with E-state index in [1.165, 1.54) is 41.5 Å². The number of nitrogens with two attached hydrogens (primary N) is 1. The highest BCUT2D eigenvalue weighted by molar-refractivity contribution is 6.18. The minimum Gasteiger partial charge on any atom is -0.479 e. The molecular weight excluding hydrogens is 1530 g/mol. The van der Waals surface area contributed by atoms with Gasteiger partial charge in [0, 0.05) is 19.6 Å². The number of aliphatic hydroxyl groups is 4. The van der Waals surface area contributed by atoms with Gasteiger partial charge in [-0.15, -0.1) is 11.6 Å². The second-order valence-electron chi connectivity index (χ2n) is 26.9. The summed E-state index contributed by atoms with van der Waals surface area (Å²) in [5.41, 5.74) is 4.70. The third-order valence-electron chi connectivity index (χ3n) is 16.3. The van der Waals surface area contributed by atoms with Crippen molar-refractivity contribution in [3.8, 4) is 0 Å². The number of carbonyl (C=O) groups excluding carboxylic acids is 17. The molecule has 1 heterocycles. The standard InChI is InChI=1S/C69H112ClN13O30/c1-10-12-13-14-15-16-17-18-19-22-40(85)29-49(88)75-46-32-107-66(103)51(47(86)31-70)82-61(97)52(53(89)62(98)99)83-54(90)41(11-2)76-60(96)50(39(9)84)81-57(93)44(25-28-74-69(106)113-35-110-65(102)38(7)8)78-55(91)42(23-20-21-26-72-67(104)111-33-108-63(100)36(3)4)77-58(94)45(30-48(71)87)80-56(92)43(79-59(46)95)24-27-73-68(105)112-34-109-64(101)37(5)6/h11,36-40,42-47,50-53,84-86,89H,10,12-35H2,1-9H3,(H2,71,87)(H,72,104)(H,73,105)(H,74,106)(H,75,88)(H,76,96)(H,77,94)(H,78,91)(H,79,95)(H,80,92)(H,81,93)(H,82,97)(H,83,90)(H,98,99)/b41-11-/t39-,40+,42-,43+,44-,45-,46-,47+,50-,51-,52-,53-/m0/s1. The Hall–Kier alpha value is -10.3. The minimum atomic E-state index is -2.95. The summed E-state index contributed by atoms with van der Waals surface area (Å²) in [5.74, 6) is -23.4. The Balaban J connectivity index is 4.42. The summed E-state index contributed by atoms with van der Waals surface area (Å²) in [6.45, 7) is 7.60. The van der Waals surface area contributed by atoms with Gasteiger partial charge in [-0.3, -0.25) is 62.3 Å². The number of nitrogens with one attached hydrogen (secondary N) is 12. The van der Waals surface area contributed by atoms with Crippen molar-refractivity contribution in [2.75, 3.05) is 52.5 Å². The molecule has 0 aromatic carbocycles. The number of primary amides is 1. The molecule has 0 aromatic rings. The van der Waals surface area contributed by atoms with Crippen molar-refractivity contribution in [1.29, 1.82) is 0 Å². The molecule has 0 unspecified atom stereocenters. The summed E-state index contributed by atoms with van der Waals surface area (Å²) in [4.78, 5) is 243. The number of aliphatic carboxylic acids is 1. The first kappa shape index (κ1) is 101. The quantitative estimate of drug-likeness (QED) is 0.00727. The van der Waals surface area contributed by atoms with Crippen LogP contribution in [0.2, 0.25) is 0 Å². The molecule has 43 nitrogen and oxygen atoms in total. The number of esters is 4. The number of allylic oxidation sites excluding steroid dienone is 1. The van der Waals surface area contributed by atoms with E-state index in [9.17, 15) is 112 Å². The van der Waals surface area contributed by atoms with E-state index in [-0.39, 0.29) is 25.8 Å². The number of hydrogen-bond donors (Lipinski definition) is 18. The van der Waals surface area contributed by atoms with Crippen molar-refractivity contribution in [3.63, 3.8) is 0 Å². The maximum atomic E-state index is 14.8. The highest BCUT2D eigenvalue weighted by Gasteiger charge is 2.41. The molecule has 0 aliphatic carbocycles. The zero-order chi connectivity index (χ0) is 85.4. The first-order valence-corrected chi connectivity index (χ1v) is 37.4. The van der Waals surface area contributed by atoms with Gasteiger partial charge in [0.25, 0.3) is 5.91 Å². The van der Waals surface area contributed by atoms with E-state index in [1.54, 1.807) is 0 Å². The first-order chi connectivity index (χ1) is 53.3. The molecule has 0 aromatic heterocycles. The molecule has 0 saturated carbocycles. The summed E-state index contributed by atoms with van der Waals surface area (Å²) in [5, 5.41) is 80.0. The van der Waals surface area contributed by atoms with E-state index in [4.69, 9.17) is 50.5 Å². The number of unbranched alkanes of at least 4 members (excludes halogenated alkanes) is 9. The van der Waals surface area contributed by atoms with Gasteiger partial charge in [-0.05, 0) is 52.4 Å². The van der Waals surface area contributed by atoms with Gasteiger partial charge in [-0.2, -0.15) is 0 Å². The average Bonchev–Trinajstić information content (AvgIpc) is 0.841. The largest absolute Gasteiger partial charge is 0.479 e. The predicted octanol–water partition coefficient (Wildman–Crippen LogP) is -2.99. The van der Waals surface area contributed by atoms with E-state index < -0.39 is 281 Å². The lowest BCUT2D eigenvalue weighted by Crippen LogP contribution is -2.62. The van der Waals surface area contributed by atoms with Crippen LogP contribution in [0, 0.1) is 17.8 Å². The van der Waals surface area contributed by atoms with E-state index in [0.717, 1.165) is 64.9 Å². The molecule has 640 valence electrons. The number of cyclic esters (lactones) is 1. The van der Waals surface area contributed by atoms with Crippen LogP contribution >= 0.6 is 11.6 Å². The van der Waals surface area contributed by atoms with E-state index in [1.807, 2.05) is 16.0 Å². The van der Waals surface area contributed by atoms with Crippen molar-refractivity contribution in [1.82, 2.24) is 63.8 Å². The molecule has 113 heavy (non-hydrogen) atoms. The molecule has 13 amide bonds. The number of carboxylic acid groups (broad SMARTS) is 1. The second-order valence-corrected chi connectivity index (χ2v) is 27.2. The maximum absolute atomic E-state index is 14.8. The van der Waals surface area contributed by atoms with E-state index in [0.29, 0.717) is 12.8 Å². The molecular formula is C69H112ClN13O30. The zero-order valence-electron chi connectivity index (χ0n) is 64.8. The Labute approximate surface area is 657 Å². The molecule has 0 radical (unpaired) electrons. The molecule has 1 saturated heterocycles. The molecule has 1 fully saturated rings. The van der Waals surface area contributed by atoms with Crippen molar-refractivity contribution < 1.29 is 145 Å². The van der Waals surface area contributed by atoms with Crippen LogP contribution in [-0.2, 0) is 105 Å². The lowest BCUT2D eigenvalue weighted by atomic mass is 10.0. The number of alkyl halides is 1. The predicted molar refractivity (Wildman–Crippen MR) is 391 cm³/mol. The van der Waals surface area contributed by atoms with E-state index >= 15 is 0 Å². The Morgan fingerprint density at radius 1 is 0.522 bits per heavy atom. The van der Waals surface area contributed by atoms with E-state index in [2.05, 4.69) is 54.8 Å². The van der Waals surface area contributed by atoms with Crippen LogP contribution in [0.15, 0.2) is 11.8 Å². The third-order valence-corrected chi connectivity index (χ3v) is 16.6. The summed E-state index contributed by atoms with van der Waals surface area (Å²) in [6.07, 6.45) is -7.11. The number of ether oxygens (including phenoxy) is 7. The number of carboxylic acids is 1. The van der Waals surface area contributed by atoms with Gasteiger partial charge in [0.15, 0.2) is 12.1 Å². The Morgan fingerprint density at radius 3 is 1.41 bits per heavy atom. The average molecular weight is 1640 g/mol. The van der Waals surface area contributed by atoms with Crippen LogP contribution in [0.3, 0.4) is 0 Å². The van der Waals surface area contributed by atoms with Crippen molar-refractivity contribution in [2.45, 2.75) is 244 Å². The number of halogens is 1. The maximum Gasteiger partial charge on any atom is 0.410 e. The van der Waals surface area contributed by atoms with Crippen LogP contribution < -0.4 is 69.5 Å². The van der Waals surface area contributed by atoms with Crippen molar-refractivity contribution in [2.24, 2.45) is 23.5 Å². The van der Waals surface area contributed by atoms with Crippen molar-refractivity contribution in [3.05, 3.63) is 11.8 Å². The molecule has 44 heteroatoms. The van der Waals surface area contributed by atoms with Gasteiger partial charge in [-0.25, -0.2) is 24.0 Å². The molecule has 0 bridgehead atoms. The Morgan fingerprint density at radius 2 is 0.956 bits per heavy atom. The zero-order valence-corrected chi connectivity index (χ0v) is 65.6. The van der Waals surface area contributed by atoms with Gasteiger partial charge in [-0.1, -0.05) is 112 Å². The fourth-order valence-electron chi connectivity index (χ4n) is 9.80. The van der Waals surface area contributed by atoms with Crippen molar-refractivity contribution >= 4 is 119 Å². The van der Waals surface area contributed by atoms with Gasteiger partial charge < -0.3 is 128 Å². The number of hydrogen-bond acceptors (Lipinski definition) is 29. The summed E-state index contributed by atoms with van der Waals surface area (Å²) < 4.78 is 34.5. The first-order valence-electron chi connectivity index (χ1n) is 36.9. The lowest BCUT2D eigenvalue weighted by Gasteiger charge is -2.29. The Bertz CT molecular complexity index is 3220. The molecule has 1 aliphatic heterocycles. The Kier molecular flexibility index (Phi) is 49.2. The minimum absolute atomic E-state index is 0.0710. The summed E-state index contributed by atoms with van der Waals surface area (Å²) >= 11 is 5.94. The van der Waals surface area contributed by atoms with Crippen LogP contribution in [0.25, 0.3) is 0 Å². The van der Waals surface area contributed by atoms with Crippen LogP contribution in [0.1, 0.15) is 171 Å². The summed E-state index contributed by atoms with van der Waals surface area (Å²) in [7, 11) is 0. The fourth-order valence-corrected chi connectivity index (χ4v) is 9.98. The smallest absolute Gasteiger partial charge is 0.410 e. The third kappa shape index (κ3) is 41.7. The number of aliphatic hydroxyl groups excluding tert-OH is 4. The highest BCUT2D eigenvalue weighted by Crippen LogP contribution is 2.15. The van der Waals surface area contributed by atoms with Crippen LogP contribution in [0.5, 0.6) is 0 Å². The highest BCUT2D eigenvalue weighted by atomic mass is 35.5. The molecule has 1 rings (SSSR count). The number of amides is 13. The fraction of sp³-hybridized carbons (Fsp3) is 0.710. The molecule has 0 spiro atoms. The number of alkyl carbamates (subject to hydrolysis) is 3. The molecule has 12 atom stereocenters. The van der Waals surface area contributed by atoms with Gasteiger partial charge in [0.1, 0.15) is 54.6 Å². The topological polar surface area (TPSA) is 643 Å². The van der Waals surface area contributed by atoms with Crippen LogP contribution in [-0.4, -0.2) is 258 Å². The SMILES string of the molecule is C/C=C1\NC(=O)[C@H]([C@H](C)O)NC(=O)[C@H](CCNC(=O)OCOC(=O)C(C)C)NC(=O)[C@H](CCCCNC(=O)OCOC(=O)C(C)C)NC(=O)[C@H](CC(N)=O)NC(=O)[C@@H](CCNC(=O)OCOC(=O)C(C)C)NC(=O)[C@@H](NC(=O)C[C@H](O)CCCCCCCCCCC)COC(=O)[C@H]([C@H](O)CCl)NC(=O)[C@H]([C@H](O)C(=O)O)NC1=O. The normalized spacial score (nSPS) is 20.8. The monoisotopic (exact) mass is 1640 g/mol. The van der Waals surface area contributed by atoms with Gasteiger partial charge in [0.2, 0.25) is 73.5 Å². The second kappa shape index (κ2) is 55.2. The molecule has 19 N–H and O–H groups in total. The van der Waals surface area contributed by atoms with Gasteiger partial charge in [0.05, 0.1) is 54.8 Å². The van der Waals surface area contributed by atoms with Gasteiger partial charge >= 0.3 is 48.1 Å². The lowest BCUT2D eigenvalue weighted by molar-refractivity contribution is -0.156. The summed E-state index contributed by atoms with van der Waals surface area (Å²) in [6, 6.07) is -17.7. The number of carbonyl (C=O) groups is 18. The number of rotatable bonds is 40.